The van der Waals surface area contributed by atoms with Crippen molar-refractivity contribution in [3.63, 3.8) is 0 Å². The number of amides is 2. The monoisotopic (exact) mass is 215 g/mol. The second kappa shape index (κ2) is 5.70. The first-order chi connectivity index (χ1) is 6.88. The lowest BCUT2D eigenvalue weighted by atomic mass is 9.98. The summed E-state index contributed by atoms with van der Waals surface area (Å²) in [6.45, 7) is 5.91. The summed E-state index contributed by atoms with van der Waals surface area (Å²) in [5.74, 6) is -0.367. The first kappa shape index (κ1) is 13.9. The number of hydrogen-bond acceptors (Lipinski definition) is 3. The Balaban J connectivity index is 4.54. The molecule has 88 valence electrons. The molecule has 1 atom stereocenters. The highest BCUT2D eigenvalue weighted by Gasteiger charge is 2.30. The highest BCUT2D eigenvalue weighted by Crippen LogP contribution is 2.09. The van der Waals surface area contributed by atoms with E-state index in [0.717, 1.165) is 0 Å². The molecule has 0 saturated heterocycles. The van der Waals surface area contributed by atoms with Gasteiger partial charge in [-0.2, -0.15) is 0 Å². The number of hydrogen-bond donors (Lipinski definition) is 2. The van der Waals surface area contributed by atoms with Crippen molar-refractivity contribution in [3.8, 4) is 0 Å². The maximum absolute atomic E-state index is 11.9. The first-order valence-electron chi connectivity index (χ1n) is 5.17. The van der Waals surface area contributed by atoms with Crippen LogP contribution in [0.1, 0.15) is 27.2 Å². The van der Waals surface area contributed by atoms with Gasteiger partial charge in [0.05, 0.1) is 12.1 Å². The zero-order valence-electron chi connectivity index (χ0n) is 9.96. The molecule has 0 bridgehead atoms. The van der Waals surface area contributed by atoms with Crippen LogP contribution in [0.5, 0.6) is 0 Å². The normalized spacial score (nSPS) is 14.2. The van der Waals surface area contributed by atoms with Crippen molar-refractivity contribution in [3.05, 3.63) is 0 Å². The van der Waals surface area contributed by atoms with E-state index in [4.69, 9.17) is 5.73 Å². The number of nitrogens with one attached hydrogen (secondary N) is 1. The molecule has 0 rings (SSSR count). The molecule has 0 aliphatic heterocycles. The van der Waals surface area contributed by atoms with E-state index in [-0.39, 0.29) is 18.4 Å². The standard InChI is InChI=1S/C10H21N3O2/c1-5-10(3,11)9(15)13(6-2)7-8(14)12-4/h5-7,11H2,1-4H3,(H,12,14). The Hall–Kier alpha value is -1.10. The van der Waals surface area contributed by atoms with E-state index in [1.54, 1.807) is 14.0 Å². The average Bonchev–Trinajstić information content (AvgIpc) is 2.24. The van der Waals surface area contributed by atoms with Gasteiger partial charge in [0.15, 0.2) is 0 Å². The molecule has 0 aromatic rings. The Bertz CT molecular complexity index is 239. The van der Waals surface area contributed by atoms with Gasteiger partial charge in [-0.3, -0.25) is 9.59 Å². The molecular formula is C10H21N3O2. The molecule has 0 fully saturated rings. The van der Waals surface area contributed by atoms with E-state index in [9.17, 15) is 9.59 Å². The molecule has 0 aliphatic carbocycles. The van der Waals surface area contributed by atoms with Crippen LogP contribution in [-0.2, 0) is 9.59 Å². The van der Waals surface area contributed by atoms with Crippen LogP contribution >= 0.6 is 0 Å². The summed E-state index contributed by atoms with van der Waals surface area (Å²) in [6, 6.07) is 0. The van der Waals surface area contributed by atoms with Crippen molar-refractivity contribution >= 4 is 11.8 Å². The number of likely N-dealkylation sites (N-methyl/N-ethyl adjacent to an activating group) is 2. The van der Waals surface area contributed by atoms with Crippen molar-refractivity contribution in [1.29, 1.82) is 0 Å². The average molecular weight is 215 g/mol. The van der Waals surface area contributed by atoms with Crippen molar-refractivity contribution < 1.29 is 9.59 Å². The second-order valence-electron chi connectivity index (χ2n) is 3.76. The molecular weight excluding hydrogens is 194 g/mol. The van der Waals surface area contributed by atoms with E-state index in [1.165, 1.54) is 4.90 Å². The fourth-order valence-corrected chi connectivity index (χ4v) is 1.09. The molecule has 3 N–H and O–H groups in total. The topological polar surface area (TPSA) is 75.4 Å². The Morgan fingerprint density at radius 1 is 1.40 bits per heavy atom. The van der Waals surface area contributed by atoms with Gasteiger partial charge in [0.25, 0.3) is 0 Å². The zero-order chi connectivity index (χ0) is 12.1. The summed E-state index contributed by atoms with van der Waals surface area (Å²) in [5, 5.41) is 2.48. The van der Waals surface area contributed by atoms with Crippen LogP contribution in [-0.4, -0.2) is 42.4 Å². The lowest BCUT2D eigenvalue weighted by Gasteiger charge is -2.29. The van der Waals surface area contributed by atoms with E-state index in [0.29, 0.717) is 13.0 Å². The summed E-state index contributed by atoms with van der Waals surface area (Å²) in [7, 11) is 1.54. The third-order valence-corrected chi connectivity index (χ3v) is 2.51. The fraction of sp³-hybridized carbons (Fsp3) is 0.800. The molecule has 5 nitrogen and oxygen atoms in total. The predicted molar refractivity (Wildman–Crippen MR) is 59.2 cm³/mol. The van der Waals surface area contributed by atoms with Crippen LogP contribution in [0.2, 0.25) is 0 Å². The lowest BCUT2D eigenvalue weighted by molar-refractivity contribution is -0.139. The van der Waals surface area contributed by atoms with Gasteiger partial charge in [-0.1, -0.05) is 6.92 Å². The van der Waals surface area contributed by atoms with Crippen LogP contribution < -0.4 is 11.1 Å². The largest absolute Gasteiger partial charge is 0.358 e. The summed E-state index contributed by atoms with van der Waals surface area (Å²) in [4.78, 5) is 24.5. The van der Waals surface area contributed by atoms with Gasteiger partial charge in [0, 0.05) is 13.6 Å². The van der Waals surface area contributed by atoms with E-state index in [1.807, 2.05) is 13.8 Å². The maximum atomic E-state index is 11.9. The number of nitrogens with zero attached hydrogens (tertiary/aromatic N) is 1. The van der Waals surface area contributed by atoms with Crippen LogP contribution in [0.3, 0.4) is 0 Å². The van der Waals surface area contributed by atoms with Gasteiger partial charge < -0.3 is 16.0 Å². The van der Waals surface area contributed by atoms with Crippen molar-refractivity contribution in [1.82, 2.24) is 10.2 Å². The maximum Gasteiger partial charge on any atom is 0.242 e. The zero-order valence-corrected chi connectivity index (χ0v) is 9.96. The molecule has 0 aliphatic rings. The summed E-state index contributed by atoms with van der Waals surface area (Å²) in [5.41, 5.74) is 4.95. The number of carbonyl (C=O) groups excluding carboxylic acids is 2. The third kappa shape index (κ3) is 3.87. The van der Waals surface area contributed by atoms with E-state index < -0.39 is 5.54 Å². The SMILES string of the molecule is CCN(CC(=O)NC)C(=O)C(C)(N)CC. The van der Waals surface area contributed by atoms with Gasteiger partial charge in [-0.25, -0.2) is 0 Å². The Kier molecular flexibility index (Phi) is 5.28. The highest BCUT2D eigenvalue weighted by atomic mass is 16.2. The molecule has 0 radical (unpaired) electrons. The molecule has 2 amide bonds. The summed E-state index contributed by atoms with van der Waals surface area (Å²) in [6.07, 6.45) is 0.552. The summed E-state index contributed by atoms with van der Waals surface area (Å²) < 4.78 is 0. The van der Waals surface area contributed by atoms with Gasteiger partial charge >= 0.3 is 0 Å². The van der Waals surface area contributed by atoms with Crippen molar-refractivity contribution in [2.24, 2.45) is 5.73 Å². The van der Waals surface area contributed by atoms with Gasteiger partial charge in [0.2, 0.25) is 11.8 Å². The minimum absolute atomic E-state index is 0.0681. The molecule has 0 spiro atoms. The molecule has 15 heavy (non-hydrogen) atoms. The Labute approximate surface area is 91.0 Å². The van der Waals surface area contributed by atoms with E-state index in [2.05, 4.69) is 5.32 Å². The number of nitrogens with two attached hydrogens (primary N) is 1. The molecule has 1 unspecified atom stereocenters. The Morgan fingerprint density at radius 2 is 1.93 bits per heavy atom. The first-order valence-corrected chi connectivity index (χ1v) is 5.17. The second-order valence-corrected chi connectivity index (χ2v) is 3.76. The van der Waals surface area contributed by atoms with Gasteiger partial charge in [-0.05, 0) is 20.3 Å². The van der Waals surface area contributed by atoms with Crippen molar-refractivity contribution in [2.75, 3.05) is 20.1 Å². The molecule has 0 aromatic heterocycles. The molecule has 0 heterocycles. The fourth-order valence-electron chi connectivity index (χ4n) is 1.09. The lowest BCUT2D eigenvalue weighted by Crippen LogP contribution is -2.54. The quantitative estimate of drug-likeness (QED) is 0.661. The van der Waals surface area contributed by atoms with E-state index >= 15 is 0 Å². The molecule has 5 heteroatoms. The smallest absolute Gasteiger partial charge is 0.242 e. The van der Waals surface area contributed by atoms with Crippen LogP contribution in [0.25, 0.3) is 0 Å². The van der Waals surface area contributed by atoms with Gasteiger partial charge in [-0.15, -0.1) is 0 Å². The Morgan fingerprint density at radius 3 is 2.27 bits per heavy atom. The minimum atomic E-state index is -0.885. The summed E-state index contributed by atoms with van der Waals surface area (Å²) >= 11 is 0. The highest BCUT2D eigenvalue weighted by molar-refractivity contribution is 5.89. The van der Waals surface area contributed by atoms with Crippen molar-refractivity contribution in [2.45, 2.75) is 32.7 Å². The molecule has 0 aromatic carbocycles. The van der Waals surface area contributed by atoms with Crippen LogP contribution in [0.4, 0.5) is 0 Å². The van der Waals surface area contributed by atoms with Gasteiger partial charge in [0.1, 0.15) is 0 Å². The molecule has 0 saturated carbocycles. The van der Waals surface area contributed by atoms with Crippen LogP contribution in [0.15, 0.2) is 0 Å². The number of carbonyl (C=O) groups is 2. The number of rotatable bonds is 5. The predicted octanol–water partition coefficient (Wildman–Crippen LogP) is -0.292. The third-order valence-electron chi connectivity index (χ3n) is 2.51. The minimum Gasteiger partial charge on any atom is -0.358 e. The van der Waals surface area contributed by atoms with Crippen LogP contribution in [0, 0.1) is 0 Å².